The van der Waals surface area contributed by atoms with Crippen molar-refractivity contribution in [2.24, 2.45) is 0 Å². The smallest absolute Gasteiger partial charge is 0.245 e. The van der Waals surface area contributed by atoms with Gasteiger partial charge in [0.15, 0.2) is 0 Å². The zero-order valence-corrected chi connectivity index (χ0v) is 8.87. The average molecular weight is 202 g/mol. The molecule has 0 saturated carbocycles. The first-order valence-corrected chi connectivity index (χ1v) is 4.57. The number of carbonyl (C=O) groups excluding carboxylic acids is 1. The van der Waals surface area contributed by atoms with Crippen molar-refractivity contribution < 1.29 is 10.0 Å². The highest BCUT2D eigenvalue weighted by Gasteiger charge is 2.40. The fourth-order valence-corrected chi connectivity index (χ4v) is 1.87. The third-order valence-electron chi connectivity index (χ3n) is 2.80. The third-order valence-corrected chi connectivity index (χ3v) is 2.80. The van der Waals surface area contributed by atoms with Gasteiger partial charge in [-0.1, -0.05) is 0 Å². The molecule has 0 unspecified atom stereocenters. The Kier molecular flexibility index (Phi) is 3.43. The van der Waals surface area contributed by atoms with Crippen LogP contribution in [-0.2, 0) is 4.79 Å². The molecule has 1 fully saturated rings. The normalized spacial score (nSPS) is 22.6. The van der Waals surface area contributed by atoms with Crippen molar-refractivity contribution >= 4 is 5.91 Å². The van der Waals surface area contributed by atoms with E-state index in [1.807, 2.05) is 31.2 Å². The average Bonchev–Trinajstić information content (AvgIpc) is 2.43. The van der Waals surface area contributed by atoms with Gasteiger partial charge >= 0.3 is 0 Å². The van der Waals surface area contributed by atoms with Gasteiger partial charge in [-0.3, -0.25) is 10.0 Å². The van der Waals surface area contributed by atoms with Crippen LogP contribution in [0.1, 0.15) is 6.42 Å². The number of likely N-dealkylation sites (N-methyl/N-ethyl adjacent to an activating group) is 3. The number of nitrogens with one attached hydrogen (secondary N) is 2. The Morgan fingerprint density at radius 3 is 2.29 bits per heavy atom. The second kappa shape index (κ2) is 4.22. The molecule has 1 aliphatic rings. The Morgan fingerprint density at radius 1 is 1.43 bits per heavy atom. The van der Waals surface area contributed by atoms with Crippen molar-refractivity contribution in [3.05, 3.63) is 0 Å². The fraction of sp³-hybridized carbons (Fsp3) is 0.875. The van der Waals surface area contributed by atoms with Crippen LogP contribution in [0.15, 0.2) is 0 Å². The summed E-state index contributed by atoms with van der Waals surface area (Å²) in [5, 5.41) is 15.7. The standard InChI is InChI=1S/C8H18N4O2/c1-9-8(4-7(13)10-14)5-11(2)12(3)6-8/h9,14H,4-6H2,1-3H3,(H,10,13). The number of amides is 1. The zero-order valence-electron chi connectivity index (χ0n) is 8.87. The molecule has 0 bridgehead atoms. The van der Waals surface area contributed by atoms with Gasteiger partial charge in [-0.05, 0) is 7.05 Å². The Morgan fingerprint density at radius 2 is 1.93 bits per heavy atom. The quantitative estimate of drug-likeness (QED) is 0.389. The van der Waals surface area contributed by atoms with E-state index in [0.29, 0.717) is 0 Å². The number of hydrogen-bond donors (Lipinski definition) is 3. The second-order valence-corrected chi connectivity index (χ2v) is 3.87. The van der Waals surface area contributed by atoms with Crippen LogP contribution in [0, 0.1) is 0 Å². The molecule has 6 nitrogen and oxygen atoms in total. The van der Waals surface area contributed by atoms with E-state index in [0.717, 1.165) is 13.1 Å². The molecule has 0 aromatic carbocycles. The molecule has 0 radical (unpaired) electrons. The van der Waals surface area contributed by atoms with Crippen LogP contribution >= 0.6 is 0 Å². The minimum Gasteiger partial charge on any atom is -0.311 e. The van der Waals surface area contributed by atoms with Crippen LogP contribution in [0.2, 0.25) is 0 Å². The van der Waals surface area contributed by atoms with E-state index in [1.165, 1.54) is 0 Å². The van der Waals surface area contributed by atoms with Gasteiger partial charge in [0.2, 0.25) is 5.91 Å². The monoisotopic (exact) mass is 202 g/mol. The highest BCUT2D eigenvalue weighted by Crippen LogP contribution is 2.20. The fourth-order valence-electron chi connectivity index (χ4n) is 1.87. The summed E-state index contributed by atoms with van der Waals surface area (Å²) >= 11 is 0. The summed E-state index contributed by atoms with van der Waals surface area (Å²) < 4.78 is 0. The van der Waals surface area contributed by atoms with E-state index in [4.69, 9.17) is 5.21 Å². The summed E-state index contributed by atoms with van der Waals surface area (Å²) in [6.07, 6.45) is 0.272. The number of hydrogen-bond acceptors (Lipinski definition) is 5. The summed E-state index contributed by atoms with van der Waals surface area (Å²) in [5.74, 6) is -0.358. The van der Waals surface area contributed by atoms with Gasteiger partial charge in [-0.2, -0.15) is 0 Å². The molecule has 0 aromatic heterocycles. The maximum atomic E-state index is 11.1. The van der Waals surface area contributed by atoms with Crippen LogP contribution in [0.5, 0.6) is 0 Å². The van der Waals surface area contributed by atoms with Gasteiger partial charge in [0.1, 0.15) is 0 Å². The van der Waals surface area contributed by atoms with Gasteiger partial charge in [0, 0.05) is 33.6 Å². The van der Waals surface area contributed by atoms with Gasteiger partial charge in [-0.25, -0.2) is 15.5 Å². The maximum Gasteiger partial charge on any atom is 0.245 e. The lowest BCUT2D eigenvalue weighted by Gasteiger charge is -2.26. The predicted molar refractivity (Wildman–Crippen MR) is 51.6 cm³/mol. The highest BCUT2D eigenvalue weighted by molar-refractivity contribution is 5.76. The van der Waals surface area contributed by atoms with E-state index in [2.05, 4.69) is 5.32 Å². The van der Waals surface area contributed by atoms with Crippen LogP contribution < -0.4 is 10.8 Å². The first kappa shape index (κ1) is 11.4. The van der Waals surface area contributed by atoms with Crippen LogP contribution in [-0.4, -0.2) is 60.9 Å². The molecule has 0 spiro atoms. The lowest BCUT2D eigenvalue weighted by Crippen LogP contribution is -2.51. The van der Waals surface area contributed by atoms with Gasteiger partial charge in [0.05, 0.1) is 5.54 Å². The van der Waals surface area contributed by atoms with Crippen LogP contribution in [0.4, 0.5) is 0 Å². The minimum absolute atomic E-state index is 0.268. The minimum atomic E-state index is -0.358. The molecule has 6 heteroatoms. The number of nitrogens with zero attached hydrogens (tertiary/aromatic N) is 2. The lowest BCUT2D eigenvalue weighted by atomic mass is 9.96. The molecule has 3 N–H and O–H groups in total. The molecule has 1 amide bonds. The molecule has 14 heavy (non-hydrogen) atoms. The Hall–Kier alpha value is -0.690. The first-order valence-electron chi connectivity index (χ1n) is 4.57. The topological polar surface area (TPSA) is 67.8 Å². The molecule has 1 rings (SSSR count). The highest BCUT2D eigenvalue weighted by atomic mass is 16.5. The summed E-state index contributed by atoms with van der Waals surface area (Å²) in [6.45, 7) is 1.51. The van der Waals surface area contributed by atoms with Crippen LogP contribution in [0.3, 0.4) is 0 Å². The van der Waals surface area contributed by atoms with E-state index < -0.39 is 0 Å². The first-order chi connectivity index (χ1) is 6.53. The molecule has 1 aliphatic heterocycles. The van der Waals surface area contributed by atoms with Crippen molar-refractivity contribution in [1.82, 2.24) is 20.8 Å². The predicted octanol–water partition coefficient (Wildman–Crippen LogP) is -1.37. The number of hydrazine groups is 1. The van der Waals surface area contributed by atoms with E-state index in [1.54, 1.807) is 5.48 Å². The van der Waals surface area contributed by atoms with Crippen molar-refractivity contribution in [3.8, 4) is 0 Å². The summed E-state index contributed by atoms with van der Waals surface area (Å²) in [6, 6.07) is 0. The molecule has 1 heterocycles. The van der Waals surface area contributed by atoms with Crippen molar-refractivity contribution in [2.45, 2.75) is 12.0 Å². The molecule has 0 atom stereocenters. The van der Waals surface area contributed by atoms with Crippen LogP contribution in [0.25, 0.3) is 0 Å². The SMILES string of the molecule is CNC1(CC(=O)NO)CN(C)N(C)C1. The summed E-state index contributed by atoms with van der Waals surface area (Å²) in [7, 11) is 5.77. The van der Waals surface area contributed by atoms with Gasteiger partial charge in [0.25, 0.3) is 0 Å². The molecular weight excluding hydrogens is 184 g/mol. The van der Waals surface area contributed by atoms with Crippen molar-refractivity contribution in [2.75, 3.05) is 34.2 Å². The van der Waals surface area contributed by atoms with Gasteiger partial charge in [-0.15, -0.1) is 0 Å². The van der Waals surface area contributed by atoms with E-state index in [9.17, 15) is 4.79 Å². The Labute approximate surface area is 83.8 Å². The summed E-state index contributed by atoms with van der Waals surface area (Å²) in [4.78, 5) is 11.1. The lowest BCUT2D eigenvalue weighted by molar-refractivity contribution is -0.130. The largest absolute Gasteiger partial charge is 0.311 e. The van der Waals surface area contributed by atoms with Gasteiger partial charge < -0.3 is 5.32 Å². The van der Waals surface area contributed by atoms with E-state index in [-0.39, 0.29) is 17.9 Å². The Bertz CT molecular complexity index is 211. The third kappa shape index (κ3) is 2.21. The molecular formula is C8H18N4O2. The second-order valence-electron chi connectivity index (χ2n) is 3.87. The molecule has 0 aliphatic carbocycles. The number of carbonyl (C=O) groups is 1. The number of rotatable bonds is 3. The molecule has 82 valence electrons. The summed E-state index contributed by atoms with van der Waals surface area (Å²) in [5.41, 5.74) is 1.40. The molecule has 1 saturated heterocycles. The van der Waals surface area contributed by atoms with Crippen molar-refractivity contribution in [1.29, 1.82) is 0 Å². The Balaban J connectivity index is 2.64. The maximum absolute atomic E-state index is 11.1. The number of hydroxylamine groups is 1. The zero-order chi connectivity index (χ0) is 10.8. The van der Waals surface area contributed by atoms with E-state index >= 15 is 0 Å². The molecule has 0 aromatic rings. The van der Waals surface area contributed by atoms with Crippen molar-refractivity contribution in [3.63, 3.8) is 0 Å².